The third kappa shape index (κ3) is 6.80. The Labute approximate surface area is 92.8 Å². The molecule has 0 saturated carbocycles. The summed E-state index contributed by atoms with van der Waals surface area (Å²) in [5.41, 5.74) is 0. The summed E-state index contributed by atoms with van der Waals surface area (Å²) in [4.78, 5) is 21.9. The van der Waals surface area contributed by atoms with Crippen LogP contribution in [0.5, 0.6) is 0 Å². The van der Waals surface area contributed by atoms with Gasteiger partial charge in [-0.3, -0.25) is 4.79 Å². The number of carboxylic acid groups (broad SMARTS) is 1. The van der Waals surface area contributed by atoms with Gasteiger partial charge < -0.3 is 10.4 Å². The van der Waals surface area contributed by atoms with E-state index in [-0.39, 0.29) is 17.4 Å². The second-order valence-electron chi connectivity index (χ2n) is 2.90. The van der Waals surface area contributed by atoms with Gasteiger partial charge in [0, 0.05) is 0 Å². The normalized spacial score (nSPS) is 11.5. The van der Waals surface area contributed by atoms with Crippen LogP contribution in [0.2, 0.25) is 0 Å². The minimum absolute atomic E-state index is 0.126. The predicted molar refractivity (Wildman–Crippen MR) is 57.4 cm³/mol. The number of hydrogen-bond acceptors (Lipinski definition) is 4. The van der Waals surface area contributed by atoms with Crippen molar-refractivity contribution in [2.75, 3.05) is 11.5 Å². The van der Waals surface area contributed by atoms with E-state index in [0.29, 0.717) is 12.8 Å². The number of nitrogens with zero attached hydrogens (tertiary/aromatic N) is 1. The highest BCUT2D eigenvalue weighted by atomic mass is 32.2. The summed E-state index contributed by atoms with van der Waals surface area (Å²) < 4.78 is 0. The smallest absolute Gasteiger partial charge is 0.326 e. The Bertz CT molecular complexity index is 263. The van der Waals surface area contributed by atoms with Crippen LogP contribution >= 0.6 is 11.8 Å². The van der Waals surface area contributed by atoms with E-state index in [1.54, 1.807) is 0 Å². The van der Waals surface area contributed by atoms with Gasteiger partial charge >= 0.3 is 5.97 Å². The van der Waals surface area contributed by atoms with E-state index in [2.05, 4.69) is 5.32 Å². The minimum Gasteiger partial charge on any atom is -0.480 e. The Balaban J connectivity index is 3.90. The van der Waals surface area contributed by atoms with Crippen molar-refractivity contribution in [3.05, 3.63) is 0 Å². The number of nitriles is 1. The second-order valence-corrected chi connectivity index (χ2v) is 3.88. The van der Waals surface area contributed by atoms with E-state index < -0.39 is 12.0 Å². The van der Waals surface area contributed by atoms with Gasteiger partial charge in [0.2, 0.25) is 5.91 Å². The first kappa shape index (κ1) is 13.8. The molecule has 0 bridgehead atoms. The summed E-state index contributed by atoms with van der Waals surface area (Å²) in [6.07, 6.45) is 1.12. The zero-order chi connectivity index (χ0) is 11.7. The fraction of sp³-hybridized carbons (Fsp3) is 0.667. The molecule has 2 N–H and O–H groups in total. The van der Waals surface area contributed by atoms with Crippen molar-refractivity contribution in [2.45, 2.75) is 25.8 Å². The molecule has 0 spiro atoms. The maximum atomic E-state index is 11.2. The zero-order valence-electron chi connectivity index (χ0n) is 8.52. The Hall–Kier alpha value is -1.22. The first-order valence-corrected chi connectivity index (χ1v) is 5.74. The van der Waals surface area contributed by atoms with E-state index in [4.69, 9.17) is 10.4 Å². The number of carbonyl (C=O) groups is 2. The molecule has 0 aromatic rings. The fourth-order valence-electron chi connectivity index (χ4n) is 0.971. The molecule has 0 aliphatic rings. The summed E-state index contributed by atoms with van der Waals surface area (Å²) in [7, 11) is 0. The Morgan fingerprint density at radius 3 is 2.73 bits per heavy atom. The highest BCUT2D eigenvalue weighted by Crippen LogP contribution is 2.00. The van der Waals surface area contributed by atoms with Gasteiger partial charge in [-0.1, -0.05) is 13.3 Å². The molecule has 15 heavy (non-hydrogen) atoms. The van der Waals surface area contributed by atoms with Crippen molar-refractivity contribution in [2.24, 2.45) is 0 Å². The predicted octanol–water partition coefficient (Wildman–Crippen LogP) is 0.613. The highest BCUT2D eigenvalue weighted by molar-refractivity contribution is 8.00. The van der Waals surface area contributed by atoms with E-state index in [1.807, 2.05) is 13.0 Å². The Kier molecular flexibility index (Phi) is 7.46. The first-order chi connectivity index (χ1) is 7.11. The molecule has 0 heterocycles. The lowest BCUT2D eigenvalue weighted by molar-refractivity contribution is -0.141. The van der Waals surface area contributed by atoms with Gasteiger partial charge in [-0.15, -0.1) is 11.8 Å². The number of aliphatic carboxylic acids is 1. The standard InChI is InChI=1S/C9H14N2O3S/c1-2-3-7(9(13)14)11-8(12)6-15-5-4-10/h7H,2-3,5-6H2,1H3,(H,11,12)(H,13,14). The lowest BCUT2D eigenvalue weighted by Crippen LogP contribution is -2.41. The van der Waals surface area contributed by atoms with Crippen LogP contribution in [0, 0.1) is 11.3 Å². The molecule has 84 valence electrons. The SMILES string of the molecule is CCCC(NC(=O)CSCC#N)C(=O)O. The molecule has 0 rings (SSSR count). The molecule has 0 fully saturated rings. The van der Waals surface area contributed by atoms with Gasteiger partial charge in [0.1, 0.15) is 6.04 Å². The largest absolute Gasteiger partial charge is 0.480 e. The van der Waals surface area contributed by atoms with Crippen LogP contribution in [0.25, 0.3) is 0 Å². The lowest BCUT2D eigenvalue weighted by atomic mass is 10.2. The van der Waals surface area contributed by atoms with Crippen molar-refractivity contribution in [1.82, 2.24) is 5.32 Å². The van der Waals surface area contributed by atoms with E-state index >= 15 is 0 Å². The van der Waals surface area contributed by atoms with Crippen molar-refractivity contribution >= 4 is 23.6 Å². The van der Waals surface area contributed by atoms with Crippen LogP contribution in [0.3, 0.4) is 0 Å². The molecule has 0 saturated heterocycles. The summed E-state index contributed by atoms with van der Waals surface area (Å²) >= 11 is 1.17. The van der Waals surface area contributed by atoms with Gasteiger partial charge in [-0.2, -0.15) is 5.26 Å². The molecule has 0 radical (unpaired) electrons. The van der Waals surface area contributed by atoms with E-state index in [9.17, 15) is 9.59 Å². The molecule has 0 aliphatic carbocycles. The monoisotopic (exact) mass is 230 g/mol. The molecule has 0 aliphatic heterocycles. The fourth-order valence-corrected chi connectivity index (χ4v) is 1.43. The van der Waals surface area contributed by atoms with Gasteiger partial charge in [0.05, 0.1) is 17.6 Å². The number of nitrogens with one attached hydrogen (secondary N) is 1. The molecular weight excluding hydrogens is 216 g/mol. The number of amides is 1. The van der Waals surface area contributed by atoms with Gasteiger partial charge in [-0.05, 0) is 6.42 Å². The third-order valence-electron chi connectivity index (χ3n) is 1.61. The molecular formula is C9H14N2O3S. The van der Waals surface area contributed by atoms with Crippen LogP contribution < -0.4 is 5.32 Å². The van der Waals surface area contributed by atoms with Crippen molar-refractivity contribution < 1.29 is 14.7 Å². The number of rotatable bonds is 7. The van der Waals surface area contributed by atoms with Crippen molar-refractivity contribution in [3.8, 4) is 6.07 Å². The maximum Gasteiger partial charge on any atom is 0.326 e. The minimum atomic E-state index is -1.02. The molecule has 6 heteroatoms. The van der Waals surface area contributed by atoms with Crippen LogP contribution in [-0.2, 0) is 9.59 Å². The lowest BCUT2D eigenvalue weighted by Gasteiger charge is -2.12. The molecule has 5 nitrogen and oxygen atoms in total. The number of thioether (sulfide) groups is 1. The summed E-state index contributed by atoms with van der Waals surface area (Å²) in [6, 6.07) is 1.08. The quantitative estimate of drug-likeness (QED) is 0.625. The number of carbonyl (C=O) groups excluding carboxylic acids is 1. The van der Waals surface area contributed by atoms with Crippen molar-refractivity contribution in [1.29, 1.82) is 5.26 Å². The molecule has 0 aromatic heterocycles. The zero-order valence-corrected chi connectivity index (χ0v) is 9.34. The molecule has 1 unspecified atom stereocenters. The highest BCUT2D eigenvalue weighted by Gasteiger charge is 2.18. The average Bonchev–Trinajstić information content (AvgIpc) is 2.17. The third-order valence-corrected chi connectivity index (χ3v) is 2.41. The Morgan fingerprint density at radius 2 is 2.27 bits per heavy atom. The maximum absolute atomic E-state index is 11.2. The van der Waals surface area contributed by atoms with E-state index in [1.165, 1.54) is 11.8 Å². The second kappa shape index (κ2) is 8.12. The number of carboxylic acids is 1. The molecule has 1 atom stereocenters. The molecule has 1 amide bonds. The summed E-state index contributed by atoms with van der Waals surface area (Å²) in [6.45, 7) is 1.85. The first-order valence-electron chi connectivity index (χ1n) is 4.58. The summed E-state index contributed by atoms with van der Waals surface area (Å²) in [5, 5.41) is 19.4. The van der Waals surface area contributed by atoms with Gasteiger partial charge in [-0.25, -0.2) is 4.79 Å². The topological polar surface area (TPSA) is 90.2 Å². The van der Waals surface area contributed by atoms with Gasteiger partial charge in [0.25, 0.3) is 0 Å². The van der Waals surface area contributed by atoms with Crippen LogP contribution in [0.1, 0.15) is 19.8 Å². The van der Waals surface area contributed by atoms with Crippen molar-refractivity contribution in [3.63, 3.8) is 0 Å². The average molecular weight is 230 g/mol. The number of hydrogen-bond donors (Lipinski definition) is 2. The Morgan fingerprint density at radius 1 is 1.60 bits per heavy atom. The molecule has 0 aromatic carbocycles. The van der Waals surface area contributed by atoms with Crippen LogP contribution in [-0.4, -0.2) is 34.5 Å². The van der Waals surface area contributed by atoms with Crippen LogP contribution in [0.4, 0.5) is 0 Å². The van der Waals surface area contributed by atoms with E-state index in [0.717, 1.165) is 0 Å². The van der Waals surface area contributed by atoms with Gasteiger partial charge in [0.15, 0.2) is 0 Å². The summed E-state index contributed by atoms with van der Waals surface area (Å²) in [5.74, 6) is -0.994. The van der Waals surface area contributed by atoms with Crippen LogP contribution in [0.15, 0.2) is 0 Å².